The fourth-order valence-electron chi connectivity index (χ4n) is 1.12. The van der Waals surface area contributed by atoms with Gasteiger partial charge in [-0.05, 0) is 18.6 Å². The summed E-state index contributed by atoms with van der Waals surface area (Å²) in [6.07, 6.45) is 2.11. The molecular weight excluding hydrogens is 172 g/mol. The maximum absolute atomic E-state index is 11.1. The summed E-state index contributed by atoms with van der Waals surface area (Å²) in [6, 6.07) is 0.385. The van der Waals surface area contributed by atoms with Crippen LogP contribution < -0.4 is 10.6 Å². The largest absolute Gasteiger partial charge is 0.338 e. The van der Waals surface area contributed by atoms with E-state index in [-0.39, 0.29) is 6.03 Å². The van der Waals surface area contributed by atoms with Crippen molar-refractivity contribution in [2.24, 2.45) is 0 Å². The lowest BCUT2D eigenvalue weighted by Gasteiger charge is -2.11. The average molecular weight is 188 g/mol. The molecule has 70 valence electrons. The molecule has 1 fully saturated rings. The molecular formula is C8H16N2OS. The van der Waals surface area contributed by atoms with Crippen molar-refractivity contribution in [2.75, 3.05) is 18.1 Å². The lowest BCUT2D eigenvalue weighted by atomic mass is 10.3. The first-order chi connectivity index (χ1) is 5.83. The molecule has 0 saturated carbocycles. The van der Waals surface area contributed by atoms with Crippen LogP contribution in [0.3, 0.4) is 0 Å². The number of thioether (sulfide) groups is 1. The lowest BCUT2D eigenvalue weighted by Crippen LogP contribution is -2.42. The first kappa shape index (κ1) is 9.71. The molecule has 1 unspecified atom stereocenters. The number of nitrogens with one attached hydrogen (secondary N) is 2. The van der Waals surface area contributed by atoms with Crippen molar-refractivity contribution in [3.8, 4) is 0 Å². The maximum Gasteiger partial charge on any atom is 0.315 e. The van der Waals surface area contributed by atoms with E-state index in [1.807, 2.05) is 18.7 Å². The molecule has 12 heavy (non-hydrogen) atoms. The maximum atomic E-state index is 11.1. The first-order valence-electron chi connectivity index (χ1n) is 4.45. The van der Waals surface area contributed by atoms with E-state index in [0.717, 1.165) is 25.1 Å². The molecule has 0 radical (unpaired) electrons. The minimum absolute atomic E-state index is 0.00986. The highest BCUT2D eigenvalue weighted by molar-refractivity contribution is 7.99. The monoisotopic (exact) mass is 188 g/mol. The molecule has 0 bridgehead atoms. The Morgan fingerprint density at radius 3 is 3.08 bits per heavy atom. The van der Waals surface area contributed by atoms with Crippen LogP contribution in [0, 0.1) is 0 Å². The van der Waals surface area contributed by atoms with Gasteiger partial charge in [-0.15, -0.1) is 0 Å². The van der Waals surface area contributed by atoms with E-state index in [4.69, 9.17) is 0 Å². The molecule has 1 aliphatic rings. The second-order valence-corrected chi connectivity index (χ2v) is 4.11. The topological polar surface area (TPSA) is 41.1 Å². The van der Waals surface area contributed by atoms with Crippen LogP contribution in [-0.4, -0.2) is 30.1 Å². The minimum atomic E-state index is -0.00986. The van der Waals surface area contributed by atoms with Crippen LogP contribution in [0.5, 0.6) is 0 Å². The SMILES string of the molecule is CCCNC(=O)NC1CCSC1. The molecule has 4 heteroatoms. The summed E-state index contributed by atoms with van der Waals surface area (Å²) < 4.78 is 0. The van der Waals surface area contributed by atoms with Gasteiger partial charge < -0.3 is 10.6 Å². The summed E-state index contributed by atoms with van der Waals surface area (Å²) >= 11 is 1.91. The molecule has 0 aromatic rings. The van der Waals surface area contributed by atoms with Crippen molar-refractivity contribution < 1.29 is 4.79 Å². The molecule has 1 saturated heterocycles. The van der Waals surface area contributed by atoms with Gasteiger partial charge in [0.1, 0.15) is 0 Å². The molecule has 1 atom stereocenters. The Hall–Kier alpha value is -0.380. The van der Waals surface area contributed by atoms with Crippen molar-refractivity contribution >= 4 is 17.8 Å². The van der Waals surface area contributed by atoms with E-state index in [1.165, 1.54) is 5.75 Å². The van der Waals surface area contributed by atoms with E-state index in [1.54, 1.807) is 0 Å². The fraction of sp³-hybridized carbons (Fsp3) is 0.875. The zero-order valence-electron chi connectivity index (χ0n) is 7.43. The van der Waals surface area contributed by atoms with E-state index >= 15 is 0 Å². The van der Waals surface area contributed by atoms with Crippen molar-refractivity contribution in [3.05, 3.63) is 0 Å². The third-order valence-electron chi connectivity index (χ3n) is 1.80. The summed E-state index contributed by atoms with van der Waals surface area (Å²) in [5, 5.41) is 5.74. The summed E-state index contributed by atoms with van der Waals surface area (Å²) in [4.78, 5) is 11.1. The van der Waals surface area contributed by atoms with Crippen LogP contribution >= 0.6 is 11.8 Å². The number of carbonyl (C=O) groups is 1. The Labute approximate surface area is 77.7 Å². The van der Waals surface area contributed by atoms with Gasteiger partial charge in [-0.1, -0.05) is 6.92 Å². The van der Waals surface area contributed by atoms with Gasteiger partial charge in [0.15, 0.2) is 0 Å². The highest BCUT2D eigenvalue weighted by atomic mass is 32.2. The van der Waals surface area contributed by atoms with E-state index in [9.17, 15) is 4.79 Å². The molecule has 0 spiro atoms. The second-order valence-electron chi connectivity index (χ2n) is 2.96. The van der Waals surface area contributed by atoms with Gasteiger partial charge in [-0.25, -0.2) is 4.79 Å². The Balaban J connectivity index is 2.08. The van der Waals surface area contributed by atoms with Crippen LogP contribution in [0.1, 0.15) is 19.8 Å². The minimum Gasteiger partial charge on any atom is -0.338 e. The summed E-state index contributed by atoms with van der Waals surface area (Å²) in [5.74, 6) is 2.25. The van der Waals surface area contributed by atoms with E-state index in [0.29, 0.717) is 6.04 Å². The summed E-state index contributed by atoms with van der Waals surface area (Å²) in [7, 11) is 0. The second kappa shape index (κ2) is 5.30. The number of carbonyl (C=O) groups excluding carboxylic acids is 1. The van der Waals surface area contributed by atoms with E-state index in [2.05, 4.69) is 10.6 Å². The number of hydrogen-bond donors (Lipinski definition) is 2. The fourth-order valence-corrected chi connectivity index (χ4v) is 2.28. The van der Waals surface area contributed by atoms with Gasteiger partial charge in [0.2, 0.25) is 0 Å². The first-order valence-corrected chi connectivity index (χ1v) is 5.60. The van der Waals surface area contributed by atoms with Gasteiger partial charge in [0, 0.05) is 18.3 Å². The smallest absolute Gasteiger partial charge is 0.315 e. The Morgan fingerprint density at radius 2 is 2.50 bits per heavy atom. The summed E-state index contributed by atoms with van der Waals surface area (Å²) in [5.41, 5.74) is 0. The van der Waals surface area contributed by atoms with Gasteiger partial charge in [0.25, 0.3) is 0 Å². The Bertz CT molecular complexity index is 146. The molecule has 2 N–H and O–H groups in total. The number of hydrogen-bond acceptors (Lipinski definition) is 2. The van der Waals surface area contributed by atoms with Crippen molar-refractivity contribution in [1.82, 2.24) is 10.6 Å². The molecule has 1 rings (SSSR count). The molecule has 1 aliphatic heterocycles. The zero-order chi connectivity index (χ0) is 8.81. The predicted octanol–water partition coefficient (Wildman–Crippen LogP) is 1.20. The predicted molar refractivity (Wildman–Crippen MR) is 52.6 cm³/mol. The van der Waals surface area contributed by atoms with Crippen LogP contribution in [0.15, 0.2) is 0 Å². The molecule has 3 nitrogen and oxygen atoms in total. The van der Waals surface area contributed by atoms with Crippen molar-refractivity contribution in [2.45, 2.75) is 25.8 Å². The average Bonchev–Trinajstić information content (AvgIpc) is 2.53. The molecule has 0 aromatic carbocycles. The molecule has 0 aliphatic carbocycles. The lowest BCUT2D eigenvalue weighted by molar-refractivity contribution is 0.238. The number of rotatable bonds is 3. The number of amides is 2. The third-order valence-corrected chi connectivity index (χ3v) is 2.96. The van der Waals surface area contributed by atoms with Crippen LogP contribution in [0.25, 0.3) is 0 Å². The van der Waals surface area contributed by atoms with Gasteiger partial charge in [-0.2, -0.15) is 11.8 Å². The highest BCUT2D eigenvalue weighted by Gasteiger charge is 2.16. The molecule has 0 aromatic heterocycles. The quantitative estimate of drug-likeness (QED) is 0.699. The van der Waals surface area contributed by atoms with Crippen molar-refractivity contribution in [3.63, 3.8) is 0 Å². The summed E-state index contributed by atoms with van der Waals surface area (Å²) in [6.45, 7) is 2.82. The molecule has 2 amide bonds. The molecule has 1 heterocycles. The number of urea groups is 1. The van der Waals surface area contributed by atoms with Gasteiger partial charge in [0.05, 0.1) is 0 Å². The highest BCUT2D eigenvalue weighted by Crippen LogP contribution is 2.16. The Morgan fingerprint density at radius 1 is 1.67 bits per heavy atom. The van der Waals surface area contributed by atoms with Crippen LogP contribution in [0.4, 0.5) is 4.79 Å². The zero-order valence-corrected chi connectivity index (χ0v) is 8.25. The van der Waals surface area contributed by atoms with Gasteiger partial charge >= 0.3 is 6.03 Å². The van der Waals surface area contributed by atoms with Gasteiger partial charge in [-0.3, -0.25) is 0 Å². The van der Waals surface area contributed by atoms with E-state index < -0.39 is 0 Å². The Kier molecular flexibility index (Phi) is 4.29. The van der Waals surface area contributed by atoms with Crippen LogP contribution in [-0.2, 0) is 0 Å². The third kappa shape index (κ3) is 3.34. The van der Waals surface area contributed by atoms with Crippen LogP contribution in [0.2, 0.25) is 0 Å². The van der Waals surface area contributed by atoms with Crippen molar-refractivity contribution in [1.29, 1.82) is 0 Å². The standard InChI is InChI=1S/C8H16N2OS/c1-2-4-9-8(11)10-7-3-5-12-6-7/h7H,2-6H2,1H3,(H2,9,10,11). The normalized spacial score (nSPS) is 22.2.